The molecule has 0 saturated heterocycles. The normalized spacial score (nSPS) is 12.6. The zero-order valence-corrected chi connectivity index (χ0v) is 28.9. The molecule has 4 aromatic rings. The highest BCUT2D eigenvalue weighted by molar-refractivity contribution is 7.98. The lowest BCUT2D eigenvalue weighted by Crippen LogP contribution is -2.41. The minimum atomic E-state index is -1.03. The maximum atomic E-state index is 12.5. The predicted molar refractivity (Wildman–Crippen MR) is 190 cm³/mol. The Labute approximate surface area is 303 Å². The molecule has 1 unspecified atom stereocenters. The van der Waals surface area contributed by atoms with E-state index in [4.69, 9.17) is 58.9 Å². The lowest BCUT2D eigenvalue weighted by atomic mass is 9.97. The van der Waals surface area contributed by atoms with Gasteiger partial charge in [0.05, 0.1) is 11.3 Å². The average molecular weight is 734 g/mol. The number of rotatable bonds is 17. The number of nitrogens with zero attached hydrogens (tertiary/aromatic N) is 4. The van der Waals surface area contributed by atoms with E-state index < -0.39 is 30.1 Å². The van der Waals surface area contributed by atoms with Crippen molar-refractivity contribution in [2.24, 2.45) is 22.9 Å². The van der Waals surface area contributed by atoms with Crippen molar-refractivity contribution in [2.75, 3.05) is 32.0 Å². The van der Waals surface area contributed by atoms with Gasteiger partial charge in [-0.1, -0.05) is 35.5 Å². The van der Waals surface area contributed by atoms with Crippen molar-refractivity contribution in [3.8, 4) is 40.5 Å². The van der Waals surface area contributed by atoms with Gasteiger partial charge in [0.25, 0.3) is 0 Å². The number of thioether (sulfide) groups is 1. The monoisotopic (exact) mass is 733 g/mol. The molecule has 0 aliphatic rings. The number of pyridine rings is 1. The zero-order valence-electron chi connectivity index (χ0n) is 27.3. The van der Waals surface area contributed by atoms with Crippen LogP contribution in [0.4, 0.5) is 5.82 Å². The molecule has 0 bridgehead atoms. The number of esters is 2. The molecule has 0 saturated carbocycles. The Hall–Kier alpha value is -5.20. The van der Waals surface area contributed by atoms with Gasteiger partial charge in [0, 0.05) is 21.9 Å². The summed E-state index contributed by atoms with van der Waals surface area (Å²) in [5, 5.41) is 21.1. The summed E-state index contributed by atoms with van der Waals surface area (Å²) < 4.78 is 22.1. The van der Waals surface area contributed by atoms with E-state index in [-0.39, 0.29) is 56.1 Å². The quantitative estimate of drug-likeness (QED) is 0.0770. The summed E-state index contributed by atoms with van der Waals surface area (Å²) in [4.78, 5) is 33.6. The van der Waals surface area contributed by atoms with Crippen LogP contribution in [0, 0.1) is 22.7 Å². The molecule has 0 spiro atoms. The Kier molecular flexibility index (Phi) is 14.2. The van der Waals surface area contributed by atoms with Crippen LogP contribution in [0.2, 0.25) is 5.02 Å². The number of benzene rings is 2. The summed E-state index contributed by atoms with van der Waals surface area (Å²) in [6.45, 7) is -0.196. The number of aromatic nitrogens is 2. The maximum Gasteiger partial charge on any atom is 0.323 e. The molecular formula is C34H36ClN9O6S. The van der Waals surface area contributed by atoms with Gasteiger partial charge in [0.15, 0.2) is 6.10 Å². The first-order valence-corrected chi connectivity index (χ1v) is 16.9. The van der Waals surface area contributed by atoms with Crippen molar-refractivity contribution < 1.29 is 28.2 Å². The predicted octanol–water partition coefficient (Wildman–Crippen LogP) is 2.86. The van der Waals surface area contributed by atoms with E-state index in [1.54, 1.807) is 48.5 Å². The van der Waals surface area contributed by atoms with Crippen LogP contribution in [0.3, 0.4) is 0 Å². The van der Waals surface area contributed by atoms with Crippen molar-refractivity contribution in [1.82, 2.24) is 9.97 Å². The van der Waals surface area contributed by atoms with E-state index in [0.717, 1.165) is 5.56 Å². The van der Waals surface area contributed by atoms with Gasteiger partial charge in [-0.05, 0) is 67.9 Å². The molecule has 10 N–H and O–H groups in total. The van der Waals surface area contributed by atoms with E-state index in [1.807, 2.05) is 0 Å². The lowest BCUT2D eigenvalue weighted by Gasteiger charge is -2.21. The van der Waals surface area contributed by atoms with E-state index in [1.165, 1.54) is 18.0 Å². The summed E-state index contributed by atoms with van der Waals surface area (Å²) in [6.07, 6.45) is 0.884. The third kappa shape index (κ3) is 10.4. The van der Waals surface area contributed by atoms with Crippen molar-refractivity contribution in [1.29, 1.82) is 10.5 Å². The third-order valence-corrected chi connectivity index (χ3v) is 8.51. The lowest BCUT2D eigenvalue weighted by molar-refractivity contribution is -0.162. The molecule has 2 aromatic heterocycles. The summed E-state index contributed by atoms with van der Waals surface area (Å²) in [6, 6.07) is 15.8. The Morgan fingerprint density at radius 2 is 1.51 bits per heavy atom. The second-order valence-corrected chi connectivity index (χ2v) is 12.4. The molecule has 0 aliphatic heterocycles. The number of ether oxygens (including phenoxy) is 3. The topological polar surface area (TPSA) is 278 Å². The first-order chi connectivity index (χ1) is 24.6. The molecule has 0 radical (unpaired) electrons. The van der Waals surface area contributed by atoms with Crippen LogP contribution < -0.4 is 33.4 Å². The fraction of sp³-hybridized carbons (Fsp3) is 0.294. The van der Waals surface area contributed by atoms with Crippen LogP contribution in [0.5, 0.6) is 5.75 Å². The third-order valence-electron chi connectivity index (χ3n) is 7.25. The van der Waals surface area contributed by atoms with Crippen LogP contribution in [0.1, 0.15) is 29.7 Å². The first-order valence-electron chi connectivity index (χ1n) is 15.6. The molecule has 2 aromatic carbocycles. The van der Waals surface area contributed by atoms with Crippen LogP contribution in [-0.4, -0.2) is 66.4 Å². The van der Waals surface area contributed by atoms with Crippen molar-refractivity contribution in [2.45, 2.75) is 41.8 Å². The van der Waals surface area contributed by atoms with Crippen LogP contribution in [0.25, 0.3) is 22.6 Å². The summed E-state index contributed by atoms with van der Waals surface area (Å²) >= 11 is 7.19. The van der Waals surface area contributed by atoms with Gasteiger partial charge in [-0.3, -0.25) is 9.59 Å². The van der Waals surface area contributed by atoms with Gasteiger partial charge >= 0.3 is 11.9 Å². The number of hydrogen-bond acceptors (Lipinski definition) is 16. The smallest absolute Gasteiger partial charge is 0.323 e. The van der Waals surface area contributed by atoms with Crippen LogP contribution >= 0.6 is 23.4 Å². The molecule has 266 valence electrons. The highest BCUT2D eigenvalue weighted by Crippen LogP contribution is 2.37. The van der Waals surface area contributed by atoms with E-state index in [0.29, 0.717) is 44.3 Å². The molecule has 17 heteroatoms. The second-order valence-electron chi connectivity index (χ2n) is 11.0. The van der Waals surface area contributed by atoms with Gasteiger partial charge < -0.3 is 47.3 Å². The molecule has 0 fully saturated rings. The number of carbonyl (C=O) groups excluding carboxylic acids is 2. The first kappa shape index (κ1) is 38.6. The number of nitrogen functional groups attached to an aromatic ring is 1. The van der Waals surface area contributed by atoms with Crippen LogP contribution in [-0.2, 0) is 24.8 Å². The number of hydrogen-bond donors (Lipinski definition) is 5. The average Bonchev–Trinajstić information content (AvgIpc) is 3.61. The molecule has 3 atom stereocenters. The summed E-state index contributed by atoms with van der Waals surface area (Å²) in [7, 11) is 0. The second kappa shape index (κ2) is 18.7. The summed E-state index contributed by atoms with van der Waals surface area (Å²) in [5.74, 6) is -0.452. The molecule has 4 rings (SSSR count). The Bertz CT molecular complexity index is 1890. The molecule has 0 amide bonds. The van der Waals surface area contributed by atoms with Gasteiger partial charge in [0.1, 0.15) is 65.9 Å². The molecule has 15 nitrogen and oxygen atoms in total. The van der Waals surface area contributed by atoms with Gasteiger partial charge in [0.2, 0.25) is 5.89 Å². The minimum Gasteiger partial charge on any atom is -0.490 e. The Morgan fingerprint density at radius 1 is 0.882 bits per heavy atom. The van der Waals surface area contributed by atoms with E-state index >= 15 is 0 Å². The van der Waals surface area contributed by atoms with Crippen molar-refractivity contribution in [3.63, 3.8) is 0 Å². The van der Waals surface area contributed by atoms with Gasteiger partial charge in [-0.25, -0.2) is 9.97 Å². The highest BCUT2D eigenvalue weighted by Gasteiger charge is 2.25. The fourth-order valence-electron chi connectivity index (χ4n) is 4.58. The van der Waals surface area contributed by atoms with Crippen molar-refractivity contribution >= 4 is 41.1 Å². The molecular weight excluding hydrogens is 698 g/mol. The largest absolute Gasteiger partial charge is 0.490 e. The molecule has 0 aliphatic carbocycles. The maximum absolute atomic E-state index is 12.5. The SMILES string of the molecule is N#Cc1c(N)nc(SCc2coc(-c3ccc(Cl)cc3)n2)c(C#N)c1-c1ccc(OC[C@@H](COC(=O)[C@@H](N)CCN)OC(=O)C(N)CCN)cc1. The molecule has 2 heterocycles. The highest BCUT2D eigenvalue weighted by atomic mass is 35.5. The summed E-state index contributed by atoms with van der Waals surface area (Å²) in [5.41, 5.74) is 31.1. The van der Waals surface area contributed by atoms with E-state index in [9.17, 15) is 20.1 Å². The van der Waals surface area contributed by atoms with E-state index in [2.05, 4.69) is 22.1 Å². The van der Waals surface area contributed by atoms with Crippen molar-refractivity contribution in [3.05, 3.63) is 76.6 Å². The number of carbonyl (C=O) groups is 2. The van der Waals surface area contributed by atoms with Gasteiger partial charge in [-0.15, -0.1) is 0 Å². The Balaban J connectivity index is 1.50. The molecule has 51 heavy (non-hydrogen) atoms. The number of anilines is 1. The fourth-order valence-corrected chi connectivity index (χ4v) is 5.58. The standard InChI is InChI=1S/C34H36ClN9O6S/c35-21-5-1-20(2-6-21)31-43-22(15-48-31)18-51-32-26(14-39)29(25(13-38)30(42)44-32)19-3-7-23(8-4-19)47-16-24(50-34(46)28(41)10-12-37)17-49-33(45)27(40)9-11-36/h1-8,15,24,27-28H,9-12,16-18,36-37,40-41H2,(H2,42,44)/t24-,27-,28?/m0/s1. The number of nitriles is 2. The number of oxazole rings is 1. The Morgan fingerprint density at radius 3 is 2.14 bits per heavy atom. The minimum absolute atomic E-state index is 0.0338. The number of halogens is 1. The number of nitrogens with two attached hydrogens (primary N) is 5. The van der Waals surface area contributed by atoms with Gasteiger partial charge in [-0.2, -0.15) is 10.5 Å². The van der Waals surface area contributed by atoms with Crippen LogP contribution in [0.15, 0.2) is 64.2 Å². The zero-order chi connectivity index (χ0) is 36.9.